The van der Waals surface area contributed by atoms with Crippen molar-refractivity contribution in [3.05, 3.63) is 34.2 Å². The molecule has 0 amide bonds. The Bertz CT molecular complexity index is 619. The molecule has 0 aliphatic heterocycles. The molecule has 6 heteroatoms. The predicted octanol–water partition coefficient (Wildman–Crippen LogP) is 2.82. The maximum atomic E-state index is 11.9. The third-order valence-electron chi connectivity index (χ3n) is 4.68. The maximum Gasteiger partial charge on any atom is 0.250 e. The number of aliphatic hydroxyl groups is 1. The summed E-state index contributed by atoms with van der Waals surface area (Å²) in [5.41, 5.74) is 0.346. The average molecular weight is 379 g/mol. The number of nitrogens with one attached hydrogen (secondary N) is 2. The summed E-state index contributed by atoms with van der Waals surface area (Å²) in [6, 6.07) is 5.37. The zero-order valence-corrected chi connectivity index (χ0v) is 17.6. The van der Waals surface area contributed by atoms with Gasteiger partial charge < -0.3 is 20.3 Å². The van der Waals surface area contributed by atoms with Gasteiger partial charge in [-0.3, -0.25) is 9.79 Å². The fourth-order valence-electron chi connectivity index (χ4n) is 3.29. The summed E-state index contributed by atoms with van der Waals surface area (Å²) in [6.45, 7) is 10.9. The molecule has 6 nitrogen and oxygen atoms in total. The number of hydrogen-bond acceptors (Lipinski definition) is 3. The third-order valence-corrected chi connectivity index (χ3v) is 4.68. The monoisotopic (exact) mass is 378 g/mol. The Hall–Kier alpha value is -1.82. The summed E-state index contributed by atoms with van der Waals surface area (Å²) in [7, 11) is 0. The Morgan fingerprint density at radius 3 is 2.44 bits per heavy atom. The van der Waals surface area contributed by atoms with Crippen LogP contribution in [0, 0.1) is 6.92 Å². The zero-order valence-electron chi connectivity index (χ0n) is 17.6. The molecule has 0 aromatic carbocycles. The average Bonchev–Trinajstić information content (AvgIpc) is 2.62. The number of rotatable bonds is 12. The van der Waals surface area contributed by atoms with Crippen LogP contribution >= 0.6 is 0 Å². The van der Waals surface area contributed by atoms with Crippen LogP contribution in [0.25, 0.3) is 0 Å². The van der Waals surface area contributed by atoms with Crippen LogP contribution in [-0.2, 0) is 6.54 Å². The molecule has 27 heavy (non-hydrogen) atoms. The van der Waals surface area contributed by atoms with E-state index < -0.39 is 5.60 Å². The van der Waals surface area contributed by atoms with E-state index in [4.69, 9.17) is 0 Å². The molecule has 154 valence electrons. The van der Waals surface area contributed by atoms with Crippen molar-refractivity contribution < 1.29 is 5.11 Å². The second kappa shape index (κ2) is 12.5. The Morgan fingerprint density at radius 2 is 1.85 bits per heavy atom. The molecule has 1 aromatic rings. The van der Waals surface area contributed by atoms with Crippen LogP contribution in [-0.4, -0.2) is 40.9 Å². The number of aliphatic imine (C=N–C) groups is 1. The standard InChI is InChI=1S/C21H38N4O2/c1-5-13-21(27,14-6-2)17-24-20(22-7-3)23-15-8-9-16-25-18(4)11-10-12-19(25)26/h10-12,27H,5-9,13-17H2,1-4H3,(H2,22,23,24). The van der Waals surface area contributed by atoms with E-state index in [0.717, 1.165) is 69.8 Å². The molecular formula is C21H38N4O2. The smallest absolute Gasteiger partial charge is 0.250 e. The van der Waals surface area contributed by atoms with Crippen molar-refractivity contribution in [2.45, 2.75) is 78.4 Å². The van der Waals surface area contributed by atoms with Gasteiger partial charge in [-0.2, -0.15) is 0 Å². The van der Waals surface area contributed by atoms with Gasteiger partial charge in [0.25, 0.3) is 5.56 Å². The Balaban J connectivity index is 2.49. The minimum absolute atomic E-state index is 0.0593. The normalized spacial score (nSPS) is 12.3. The fourth-order valence-corrected chi connectivity index (χ4v) is 3.29. The first-order chi connectivity index (χ1) is 13.0. The van der Waals surface area contributed by atoms with Crippen molar-refractivity contribution >= 4 is 5.96 Å². The van der Waals surface area contributed by atoms with Crippen LogP contribution in [0.1, 0.15) is 65.0 Å². The van der Waals surface area contributed by atoms with E-state index in [1.54, 1.807) is 12.1 Å². The molecule has 0 unspecified atom stereocenters. The minimum Gasteiger partial charge on any atom is -0.388 e. The highest BCUT2D eigenvalue weighted by Gasteiger charge is 2.24. The van der Waals surface area contributed by atoms with Crippen molar-refractivity contribution in [3.63, 3.8) is 0 Å². The molecular weight excluding hydrogens is 340 g/mol. The molecule has 0 aliphatic carbocycles. The van der Waals surface area contributed by atoms with Crippen LogP contribution in [0.2, 0.25) is 0 Å². The second-order valence-electron chi connectivity index (χ2n) is 7.21. The van der Waals surface area contributed by atoms with Gasteiger partial charge in [-0.1, -0.05) is 32.8 Å². The molecule has 3 N–H and O–H groups in total. The first-order valence-electron chi connectivity index (χ1n) is 10.4. The molecule has 1 aromatic heterocycles. The van der Waals surface area contributed by atoms with Crippen molar-refractivity contribution in [1.29, 1.82) is 0 Å². The van der Waals surface area contributed by atoms with E-state index in [2.05, 4.69) is 29.5 Å². The lowest BCUT2D eigenvalue weighted by atomic mass is 9.93. The SMILES string of the molecule is CCCC(O)(CCC)CN=C(NCC)NCCCCn1c(C)cccc1=O. The van der Waals surface area contributed by atoms with Gasteiger partial charge in [0.15, 0.2) is 5.96 Å². The first kappa shape index (κ1) is 23.2. The van der Waals surface area contributed by atoms with Gasteiger partial charge in [-0.15, -0.1) is 0 Å². The van der Waals surface area contributed by atoms with Gasteiger partial charge >= 0.3 is 0 Å². The van der Waals surface area contributed by atoms with Gasteiger partial charge in [-0.05, 0) is 45.6 Å². The van der Waals surface area contributed by atoms with Crippen LogP contribution in [0.5, 0.6) is 0 Å². The minimum atomic E-state index is -0.710. The molecule has 0 atom stereocenters. The molecule has 0 radical (unpaired) electrons. The highest BCUT2D eigenvalue weighted by molar-refractivity contribution is 5.79. The summed E-state index contributed by atoms with van der Waals surface area (Å²) in [4.78, 5) is 16.5. The van der Waals surface area contributed by atoms with Gasteiger partial charge in [-0.25, -0.2) is 0 Å². The lowest BCUT2D eigenvalue weighted by molar-refractivity contribution is 0.0306. The zero-order chi connectivity index (χ0) is 20.1. The van der Waals surface area contributed by atoms with Crippen LogP contribution in [0.15, 0.2) is 28.0 Å². The van der Waals surface area contributed by atoms with Crippen molar-refractivity contribution in [2.24, 2.45) is 4.99 Å². The van der Waals surface area contributed by atoms with E-state index >= 15 is 0 Å². The Kier molecular flexibility index (Phi) is 10.8. The molecule has 0 bridgehead atoms. The number of nitrogens with zero attached hydrogens (tertiary/aromatic N) is 2. The Morgan fingerprint density at radius 1 is 1.15 bits per heavy atom. The highest BCUT2D eigenvalue weighted by Crippen LogP contribution is 2.19. The number of unbranched alkanes of at least 4 members (excludes halogenated alkanes) is 1. The summed E-state index contributed by atoms with van der Waals surface area (Å²) in [5, 5.41) is 17.3. The number of aryl methyl sites for hydroxylation is 1. The van der Waals surface area contributed by atoms with Gasteiger partial charge in [0.2, 0.25) is 0 Å². The van der Waals surface area contributed by atoms with E-state index in [0.29, 0.717) is 6.54 Å². The van der Waals surface area contributed by atoms with E-state index in [-0.39, 0.29) is 5.56 Å². The van der Waals surface area contributed by atoms with Crippen LogP contribution in [0.4, 0.5) is 0 Å². The van der Waals surface area contributed by atoms with E-state index in [1.165, 1.54) is 0 Å². The third kappa shape index (κ3) is 8.61. The molecule has 1 rings (SSSR count). The number of guanidine groups is 1. The largest absolute Gasteiger partial charge is 0.388 e. The molecule has 0 fully saturated rings. The van der Waals surface area contributed by atoms with E-state index in [1.807, 2.05) is 24.5 Å². The maximum absolute atomic E-state index is 11.9. The summed E-state index contributed by atoms with van der Waals surface area (Å²) >= 11 is 0. The number of aromatic nitrogens is 1. The molecule has 0 spiro atoms. The lowest BCUT2D eigenvalue weighted by Gasteiger charge is -2.26. The molecule has 0 aliphatic rings. The lowest BCUT2D eigenvalue weighted by Crippen LogP contribution is -2.40. The van der Waals surface area contributed by atoms with Gasteiger partial charge in [0, 0.05) is 31.4 Å². The number of hydrogen-bond donors (Lipinski definition) is 3. The summed E-state index contributed by atoms with van der Waals surface area (Å²) < 4.78 is 1.81. The highest BCUT2D eigenvalue weighted by atomic mass is 16.3. The van der Waals surface area contributed by atoms with Crippen LogP contribution < -0.4 is 16.2 Å². The summed E-state index contributed by atoms with van der Waals surface area (Å²) in [5.74, 6) is 0.746. The van der Waals surface area contributed by atoms with Gasteiger partial charge in [0.05, 0.1) is 12.1 Å². The molecule has 0 saturated heterocycles. The summed E-state index contributed by atoms with van der Waals surface area (Å²) in [6.07, 6.45) is 5.32. The Labute approximate surface area is 164 Å². The van der Waals surface area contributed by atoms with Gasteiger partial charge in [0.1, 0.15) is 0 Å². The second-order valence-corrected chi connectivity index (χ2v) is 7.21. The molecule has 1 heterocycles. The fraction of sp³-hybridized carbons (Fsp3) is 0.714. The molecule has 0 saturated carbocycles. The van der Waals surface area contributed by atoms with Crippen molar-refractivity contribution in [2.75, 3.05) is 19.6 Å². The predicted molar refractivity (Wildman–Crippen MR) is 113 cm³/mol. The van der Waals surface area contributed by atoms with E-state index in [9.17, 15) is 9.90 Å². The van der Waals surface area contributed by atoms with Crippen molar-refractivity contribution in [3.8, 4) is 0 Å². The topological polar surface area (TPSA) is 78.7 Å². The quantitative estimate of drug-likeness (QED) is 0.297. The number of pyridine rings is 1. The van der Waals surface area contributed by atoms with Crippen molar-refractivity contribution in [1.82, 2.24) is 15.2 Å². The first-order valence-corrected chi connectivity index (χ1v) is 10.4. The van der Waals surface area contributed by atoms with Crippen LogP contribution in [0.3, 0.4) is 0 Å².